The summed E-state index contributed by atoms with van der Waals surface area (Å²) in [5.74, 6) is 0.221. The Morgan fingerprint density at radius 2 is 1.76 bits per heavy atom. The number of benzene rings is 1. The number of nitrogens with zero attached hydrogens (tertiary/aromatic N) is 3. The lowest BCUT2D eigenvalue weighted by Gasteiger charge is -2.05. The Kier molecular flexibility index (Phi) is 2.88. The van der Waals surface area contributed by atoms with E-state index in [9.17, 15) is 0 Å². The molecule has 0 radical (unpaired) electrons. The Labute approximate surface area is 101 Å². The lowest BCUT2D eigenvalue weighted by atomic mass is 10.0. The second kappa shape index (κ2) is 4.34. The summed E-state index contributed by atoms with van der Waals surface area (Å²) in [6.07, 6.45) is 0. The van der Waals surface area contributed by atoms with Gasteiger partial charge in [-0.25, -0.2) is 9.97 Å². The van der Waals surface area contributed by atoms with Crippen molar-refractivity contribution in [3.63, 3.8) is 0 Å². The fourth-order valence-electron chi connectivity index (χ4n) is 1.67. The minimum absolute atomic E-state index is 0.221. The monoisotopic (exact) mass is 223 g/mol. The second-order valence-corrected chi connectivity index (χ2v) is 4.13. The molecule has 3 heteroatoms. The van der Waals surface area contributed by atoms with E-state index >= 15 is 0 Å². The second-order valence-electron chi connectivity index (χ2n) is 4.13. The number of aryl methyl sites for hydroxylation is 3. The van der Waals surface area contributed by atoms with Crippen LogP contribution in [0, 0.1) is 32.1 Å². The molecule has 0 fully saturated rings. The Bertz CT molecular complexity index is 609. The quantitative estimate of drug-likeness (QED) is 0.746. The van der Waals surface area contributed by atoms with Crippen LogP contribution in [0.4, 0.5) is 0 Å². The van der Waals surface area contributed by atoms with Gasteiger partial charge in [-0.2, -0.15) is 5.26 Å². The maximum absolute atomic E-state index is 8.86. The SMILES string of the molecule is Cc1cc(-c2ccc(C)c(C)c2)nc(C#N)n1. The third-order valence-corrected chi connectivity index (χ3v) is 2.76. The highest BCUT2D eigenvalue weighted by molar-refractivity contribution is 5.61. The van der Waals surface area contributed by atoms with E-state index in [1.54, 1.807) is 0 Å². The molecule has 0 bridgehead atoms. The Morgan fingerprint density at radius 3 is 2.41 bits per heavy atom. The van der Waals surface area contributed by atoms with Gasteiger partial charge < -0.3 is 0 Å². The van der Waals surface area contributed by atoms with Crippen molar-refractivity contribution < 1.29 is 0 Å². The van der Waals surface area contributed by atoms with Crippen LogP contribution in [0.25, 0.3) is 11.3 Å². The molecule has 0 saturated carbocycles. The molecule has 0 atom stereocenters. The third kappa shape index (κ3) is 2.31. The molecular formula is C14H13N3. The first-order valence-electron chi connectivity index (χ1n) is 5.43. The molecule has 0 spiro atoms. The smallest absolute Gasteiger partial charge is 0.224 e. The molecule has 0 N–H and O–H groups in total. The van der Waals surface area contributed by atoms with E-state index in [1.807, 2.05) is 25.1 Å². The van der Waals surface area contributed by atoms with E-state index in [0.717, 1.165) is 17.0 Å². The van der Waals surface area contributed by atoms with Gasteiger partial charge in [-0.15, -0.1) is 0 Å². The van der Waals surface area contributed by atoms with Crippen molar-refractivity contribution in [2.24, 2.45) is 0 Å². The number of aromatic nitrogens is 2. The van der Waals surface area contributed by atoms with Gasteiger partial charge in [-0.05, 0) is 44.0 Å². The molecule has 1 heterocycles. The lowest BCUT2D eigenvalue weighted by Crippen LogP contribution is -1.95. The average molecular weight is 223 g/mol. The standard InChI is InChI=1S/C14H13N3/c1-9-4-5-12(6-10(9)2)13-7-11(3)16-14(8-15)17-13/h4-7H,1-3H3. The van der Waals surface area contributed by atoms with Gasteiger partial charge in [-0.3, -0.25) is 0 Å². The van der Waals surface area contributed by atoms with E-state index in [2.05, 4.69) is 35.9 Å². The van der Waals surface area contributed by atoms with E-state index in [4.69, 9.17) is 5.26 Å². The number of hydrogen-bond donors (Lipinski definition) is 0. The highest BCUT2D eigenvalue weighted by atomic mass is 14.9. The van der Waals surface area contributed by atoms with Gasteiger partial charge in [0.1, 0.15) is 6.07 Å². The molecule has 0 aliphatic heterocycles. The van der Waals surface area contributed by atoms with E-state index in [-0.39, 0.29) is 5.82 Å². The van der Waals surface area contributed by atoms with Crippen LogP contribution < -0.4 is 0 Å². The van der Waals surface area contributed by atoms with Crippen molar-refractivity contribution in [1.82, 2.24) is 9.97 Å². The maximum atomic E-state index is 8.86. The zero-order valence-electron chi connectivity index (χ0n) is 10.2. The van der Waals surface area contributed by atoms with E-state index in [1.165, 1.54) is 11.1 Å². The van der Waals surface area contributed by atoms with Crippen molar-refractivity contribution in [3.05, 3.63) is 46.9 Å². The fourth-order valence-corrected chi connectivity index (χ4v) is 1.67. The van der Waals surface area contributed by atoms with Gasteiger partial charge in [0.25, 0.3) is 0 Å². The zero-order valence-corrected chi connectivity index (χ0v) is 10.2. The highest BCUT2D eigenvalue weighted by Crippen LogP contribution is 2.20. The van der Waals surface area contributed by atoms with Crippen LogP contribution in [-0.2, 0) is 0 Å². The Balaban J connectivity index is 2.56. The summed E-state index contributed by atoms with van der Waals surface area (Å²) >= 11 is 0. The van der Waals surface area contributed by atoms with Gasteiger partial charge in [-0.1, -0.05) is 12.1 Å². The Hall–Kier alpha value is -2.21. The minimum atomic E-state index is 0.221. The molecule has 0 unspecified atom stereocenters. The van der Waals surface area contributed by atoms with Crippen LogP contribution in [0.2, 0.25) is 0 Å². The Morgan fingerprint density at radius 1 is 1.00 bits per heavy atom. The summed E-state index contributed by atoms with van der Waals surface area (Å²) in [5, 5.41) is 8.86. The molecule has 1 aromatic heterocycles. The predicted octanol–water partition coefficient (Wildman–Crippen LogP) is 2.94. The van der Waals surface area contributed by atoms with Crippen molar-refractivity contribution >= 4 is 0 Å². The van der Waals surface area contributed by atoms with E-state index in [0.29, 0.717) is 0 Å². The molecule has 0 amide bonds. The largest absolute Gasteiger partial charge is 0.232 e. The normalized spacial score (nSPS) is 10.0. The summed E-state index contributed by atoms with van der Waals surface area (Å²) < 4.78 is 0. The van der Waals surface area contributed by atoms with Crippen LogP contribution in [0.3, 0.4) is 0 Å². The van der Waals surface area contributed by atoms with Gasteiger partial charge >= 0.3 is 0 Å². The van der Waals surface area contributed by atoms with E-state index < -0.39 is 0 Å². The topological polar surface area (TPSA) is 49.6 Å². The van der Waals surface area contributed by atoms with Crippen molar-refractivity contribution in [3.8, 4) is 17.3 Å². The first kappa shape index (κ1) is 11.3. The molecule has 0 aliphatic carbocycles. The highest BCUT2D eigenvalue weighted by Gasteiger charge is 2.05. The molecule has 2 aromatic rings. The number of hydrogen-bond acceptors (Lipinski definition) is 3. The zero-order chi connectivity index (χ0) is 12.4. The molecule has 2 rings (SSSR count). The maximum Gasteiger partial charge on any atom is 0.232 e. The summed E-state index contributed by atoms with van der Waals surface area (Å²) in [4.78, 5) is 8.27. The van der Waals surface area contributed by atoms with Crippen molar-refractivity contribution in [1.29, 1.82) is 5.26 Å². The fraction of sp³-hybridized carbons (Fsp3) is 0.214. The van der Waals surface area contributed by atoms with Gasteiger partial charge in [0.05, 0.1) is 5.69 Å². The summed E-state index contributed by atoms with van der Waals surface area (Å²) in [5.41, 5.74) is 5.11. The average Bonchev–Trinajstić information content (AvgIpc) is 2.32. The molecule has 3 nitrogen and oxygen atoms in total. The van der Waals surface area contributed by atoms with Crippen molar-refractivity contribution in [2.45, 2.75) is 20.8 Å². The van der Waals surface area contributed by atoms with Gasteiger partial charge in [0, 0.05) is 11.3 Å². The summed E-state index contributed by atoms with van der Waals surface area (Å²) in [7, 11) is 0. The van der Waals surface area contributed by atoms with Crippen molar-refractivity contribution in [2.75, 3.05) is 0 Å². The molecule has 84 valence electrons. The first-order valence-corrected chi connectivity index (χ1v) is 5.43. The molecule has 0 saturated heterocycles. The molecule has 17 heavy (non-hydrogen) atoms. The lowest BCUT2D eigenvalue weighted by molar-refractivity contribution is 1.06. The van der Waals surface area contributed by atoms with Crippen LogP contribution >= 0.6 is 0 Å². The number of nitriles is 1. The number of rotatable bonds is 1. The van der Waals surface area contributed by atoms with Crippen LogP contribution in [0.1, 0.15) is 22.6 Å². The summed E-state index contributed by atoms with van der Waals surface area (Å²) in [6.45, 7) is 6.01. The third-order valence-electron chi connectivity index (χ3n) is 2.76. The van der Waals surface area contributed by atoms with Gasteiger partial charge in [0.2, 0.25) is 5.82 Å². The minimum Gasteiger partial charge on any atom is -0.224 e. The molecular weight excluding hydrogens is 210 g/mol. The van der Waals surface area contributed by atoms with Gasteiger partial charge in [0.15, 0.2) is 0 Å². The molecule has 0 aliphatic rings. The van der Waals surface area contributed by atoms with Crippen LogP contribution in [-0.4, -0.2) is 9.97 Å². The summed E-state index contributed by atoms with van der Waals surface area (Å²) in [6, 6.07) is 10.0. The molecule has 1 aromatic carbocycles. The first-order chi connectivity index (χ1) is 8.10. The van der Waals surface area contributed by atoms with Crippen LogP contribution in [0.5, 0.6) is 0 Å². The predicted molar refractivity (Wildman–Crippen MR) is 66.4 cm³/mol. The van der Waals surface area contributed by atoms with Crippen LogP contribution in [0.15, 0.2) is 24.3 Å².